The van der Waals surface area contributed by atoms with E-state index in [-0.39, 0.29) is 5.69 Å². The van der Waals surface area contributed by atoms with E-state index >= 15 is 0 Å². The minimum Gasteiger partial charge on any atom is -0.383 e. The summed E-state index contributed by atoms with van der Waals surface area (Å²) in [6.45, 7) is 1.89. The Balaban J connectivity index is 2.02. The van der Waals surface area contributed by atoms with Gasteiger partial charge in [0, 0.05) is 43.6 Å². The summed E-state index contributed by atoms with van der Waals surface area (Å²) in [5, 5.41) is 15.6. The fourth-order valence-electron chi connectivity index (χ4n) is 2.59. The van der Waals surface area contributed by atoms with E-state index < -0.39 is 4.92 Å². The molecule has 1 aromatic heterocycles. The van der Waals surface area contributed by atoms with E-state index in [9.17, 15) is 10.1 Å². The maximum atomic E-state index is 10.9. The van der Waals surface area contributed by atoms with Gasteiger partial charge in [0.25, 0.3) is 5.69 Å². The molecule has 0 fully saturated rings. The number of nitro groups is 1. The Morgan fingerprint density at radius 1 is 1.14 bits per heavy atom. The molecule has 0 atom stereocenters. The van der Waals surface area contributed by atoms with Crippen LogP contribution in [0.25, 0.3) is 11.3 Å². The van der Waals surface area contributed by atoms with Crippen LogP contribution in [-0.2, 0) is 0 Å². The molecule has 0 spiro atoms. The van der Waals surface area contributed by atoms with Crippen molar-refractivity contribution in [2.24, 2.45) is 5.10 Å². The number of allylic oxidation sites excluding steroid dienone is 1. The maximum Gasteiger partial charge on any atom is 0.269 e. The van der Waals surface area contributed by atoms with Crippen molar-refractivity contribution in [2.75, 3.05) is 14.1 Å². The van der Waals surface area contributed by atoms with Gasteiger partial charge in [0.15, 0.2) is 0 Å². The van der Waals surface area contributed by atoms with Crippen LogP contribution in [0.2, 0.25) is 0 Å². The van der Waals surface area contributed by atoms with E-state index in [0.29, 0.717) is 5.71 Å². The molecule has 0 saturated carbocycles. The molecule has 0 radical (unpaired) electrons. The molecular formula is C21H21N5O2. The van der Waals surface area contributed by atoms with Crippen LogP contribution in [0.15, 0.2) is 78.2 Å². The van der Waals surface area contributed by atoms with Gasteiger partial charge in [-0.25, -0.2) is 9.66 Å². The summed E-state index contributed by atoms with van der Waals surface area (Å²) >= 11 is 0. The molecule has 3 aromatic rings. The van der Waals surface area contributed by atoms with Crippen LogP contribution < -0.4 is 0 Å². The zero-order chi connectivity index (χ0) is 20.1. The van der Waals surface area contributed by atoms with Gasteiger partial charge in [0.1, 0.15) is 5.82 Å². The highest BCUT2D eigenvalue weighted by Gasteiger charge is 2.09. The molecule has 142 valence electrons. The third kappa shape index (κ3) is 4.50. The summed E-state index contributed by atoms with van der Waals surface area (Å²) < 4.78 is 1.72. The average molecular weight is 375 g/mol. The van der Waals surface area contributed by atoms with Crippen LogP contribution in [0.3, 0.4) is 0 Å². The Bertz CT molecular complexity index is 1020. The second kappa shape index (κ2) is 8.30. The Morgan fingerprint density at radius 3 is 2.43 bits per heavy atom. The first-order chi connectivity index (χ1) is 13.4. The lowest BCUT2D eigenvalue weighted by Crippen LogP contribution is -2.06. The number of nitro benzene ring substituents is 1. The average Bonchev–Trinajstić information content (AvgIpc) is 3.06. The number of non-ortho nitro benzene ring substituents is 1. The maximum absolute atomic E-state index is 10.9. The first-order valence-corrected chi connectivity index (χ1v) is 8.74. The molecule has 0 N–H and O–H groups in total. The minimum atomic E-state index is -0.414. The topological polar surface area (TPSA) is 76.6 Å². The van der Waals surface area contributed by atoms with Gasteiger partial charge in [-0.1, -0.05) is 30.3 Å². The Kier molecular flexibility index (Phi) is 5.64. The van der Waals surface area contributed by atoms with E-state index in [1.807, 2.05) is 74.7 Å². The molecule has 3 rings (SSSR count). The Morgan fingerprint density at radius 2 is 1.82 bits per heavy atom. The molecule has 0 aliphatic rings. The van der Waals surface area contributed by atoms with Crippen LogP contribution in [0.4, 0.5) is 5.69 Å². The largest absolute Gasteiger partial charge is 0.383 e. The molecule has 0 bridgehead atoms. The lowest BCUT2D eigenvalue weighted by molar-refractivity contribution is -0.384. The molecule has 0 amide bonds. The van der Waals surface area contributed by atoms with Gasteiger partial charge in [-0.15, -0.1) is 0 Å². The van der Waals surface area contributed by atoms with Crippen LogP contribution in [-0.4, -0.2) is 39.3 Å². The summed E-state index contributed by atoms with van der Waals surface area (Å²) in [6.07, 6.45) is 5.62. The van der Waals surface area contributed by atoms with Crippen molar-refractivity contribution in [1.29, 1.82) is 0 Å². The van der Waals surface area contributed by atoms with E-state index in [1.54, 1.807) is 16.8 Å². The van der Waals surface area contributed by atoms with Crippen molar-refractivity contribution >= 4 is 11.4 Å². The highest BCUT2D eigenvalue weighted by molar-refractivity contribution is 6.08. The van der Waals surface area contributed by atoms with Crippen LogP contribution >= 0.6 is 0 Å². The first-order valence-electron chi connectivity index (χ1n) is 8.74. The minimum absolute atomic E-state index is 0.0462. The Labute approximate surface area is 163 Å². The summed E-state index contributed by atoms with van der Waals surface area (Å²) in [5.74, 6) is 0.747. The first kappa shape index (κ1) is 19.0. The molecular weight excluding hydrogens is 354 g/mol. The van der Waals surface area contributed by atoms with Crippen molar-refractivity contribution < 1.29 is 4.92 Å². The van der Waals surface area contributed by atoms with Gasteiger partial charge < -0.3 is 4.90 Å². The lowest BCUT2D eigenvalue weighted by atomic mass is 10.1. The van der Waals surface area contributed by atoms with Crippen molar-refractivity contribution in [3.8, 4) is 11.3 Å². The number of aromatic nitrogens is 2. The highest BCUT2D eigenvalue weighted by Crippen LogP contribution is 2.19. The zero-order valence-electron chi connectivity index (χ0n) is 16.0. The van der Waals surface area contributed by atoms with Gasteiger partial charge in [0.2, 0.25) is 0 Å². The normalized spacial score (nSPS) is 11.8. The number of nitrogens with zero attached hydrogens (tertiary/aromatic N) is 5. The second-order valence-corrected chi connectivity index (χ2v) is 6.45. The van der Waals surface area contributed by atoms with E-state index in [2.05, 4.69) is 4.98 Å². The lowest BCUT2D eigenvalue weighted by Gasteiger charge is -2.07. The number of aryl methyl sites for hydroxylation is 1. The standard InChI is InChI=1S/C21H21N5O2/c1-16-22-21(17-7-5-4-6-8-17)15-25(16)23-20(13-14-24(2)3)18-9-11-19(12-10-18)26(27)28/h4-15H,1-3H3/b14-13+,23-20+. The Hall–Kier alpha value is -3.74. The van der Waals surface area contributed by atoms with Gasteiger partial charge in [-0.05, 0) is 25.1 Å². The van der Waals surface area contributed by atoms with Crippen molar-refractivity contribution in [2.45, 2.75) is 6.92 Å². The van der Waals surface area contributed by atoms with Gasteiger partial charge in [-0.3, -0.25) is 10.1 Å². The van der Waals surface area contributed by atoms with Crippen molar-refractivity contribution in [1.82, 2.24) is 14.6 Å². The number of hydrogen-bond donors (Lipinski definition) is 0. The van der Waals surface area contributed by atoms with Gasteiger partial charge in [-0.2, -0.15) is 5.10 Å². The summed E-state index contributed by atoms with van der Waals surface area (Å²) in [7, 11) is 3.83. The van der Waals surface area contributed by atoms with Gasteiger partial charge >= 0.3 is 0 Å². The molecule has 0 aliphatic heterocycles. The summed E-state index contributed by atoms with van der Waals surface area (Å²) in [5.41, 5.74) is 3.34. The quantitative estimate of drug-likeness (QED) is 0.369. The fourth-order valence-corrected chi connectivity index (χ4v) is 2.59. The molecule has 1 heterocycles. The molecule has 0 aliphatic carbocycles. The molecule has 2 aromatic carbocycles. The SMILES string of the molecule is Cc1nc(-c2ccccc2)cn1/N=C(\C=C\N(C)C)c1ccc([N+](=O)[O-])cc1. The third-order valence-corrected chi connectivity index (χ3v) is 4.05. The van der Waals surface area contributed by atoms with Crippen LogP contribution in [0.5, 0.6) is 0 Å². The molecule has 0 unspecified atom stereocenters. The van der Waals surface area contributed by atoms with Gasteiger partial charge in [0.05, 0.1) is 22.5 Å². The second-order valence-electron chi connectivity index (χ2n) is 6.45. The van der Waals surface area contributed by atoms with E-state index in [0.717, 1.165) is 22.6 Å². The van der Waals surface area contributed by atoms with Crippen molar-refractivity contribution in [3.05, 3.63) is 94.6 Å². The van der Waals surface area contributed by atoms with Crippen molar-refractivity contribution in [3.63, 3.8) is 0 Å². The van der Waals surface area contributed by atoms with E-state index in [1.165, 1.54) is 12.1 Å². The van der Waals surface area contributed by atoms with Crippen LogP contribution in [0, 0.1) is 17.0 Å². The number of imidazole rings is 1. The fraction of sp³-hybridized carbons (Fsp3) is 0.143. The summed E-state index contributed by atoms with van der Waals surface area (Å²) in [4.78, 5) is 17.0. The predicted octanol–water partition coefficient (Wildman–Crippen LogP) is 4.09. The van der Waals surface area contributed by atoms with E-state index in [4.69, 9.17) is 5.10 Å². The summed E-state index contributed by atoms with van der Waals surface area (Å²) in [6, 6.07) is 16.2. The molecule has 7 heteroatoms. The molecule has 0 saturated heterocycles. The number of benzene rings is 2. The smallest absolute Gasteiger partial charge is 0.269 e. The molecule has 7 nitrogen and oxygen atoms in total. The molecule has 28 heavy (non-hydrogen) atoms. The predicted molar refractivity (Wildman–Crippen MR) is 110 cm³/mol. The van der Waals surface area contributed by atoms with Crippen LogP contribution in [0.1, 0.15) is 11.4 Å². The number of rotatable bonds is 6. The number of hydrogen-bond acceptors (Lipinski definition) is 5. The monoisotopic (exact) mass is 375 g/mol. The third-order valence-electron chi connectivity index (χ3n) is 4.05. The zero-order valence-corrected chi connectivity index (χ0v) is 16.0. The highest BCUT2D eigenvalue weighted by atomic mass is 16.6.